The molecule has 4 rings (SSSR count). The minimum absolute atomic E-state index is 0.223. The molecule has 0 amide bonds. The Morgan fingerprint density at radius 1 is 1.04 bits per heavy atom. The van der Waals surface area contributed by atoms with E-state index in [0.717, 1.165) is 33.5 Å². The first-order valence-electron chi connectivity index (χ1n) is 9.34. The molecule has 1 N–H and O–H groups in total. The van der Waals surface area contributed by atoms with E-state index in [1.807, 2.05) is 49.9 Å². The lowest BCUT2D eigenvalue weighted by Crippen LogP contribution is -2.16. The fourth-order valence-corrected chi connectivity index (χ4v) is 3.31. The van der Waals surface area contributed by atoms with Crippen molar-refractivity contribution in [1.29, 1.82) is 0 Å². The van der Waals surface area contributed by atoms with E-state index in [4.69, 9.17) is 9.15 Å². The van der Waals surface area contributed by atoms with Crippen molar-refractivity contribution in [1.82, 2.24) is 10.3 Å². The Labute approximate surface area is 165 Å². The predicted molar refractivity (Wildman–Crippen MR) is 112 cm³/mol. The highest BCUT2D eigenvalue weighted by molar-refractivity contribution is 5.82. The zero-order valence-electron chi connectivity index (χ0n) is 16.3. The average molecular weight is 371 g/mol. The van der Waals surface area contributed by atoms with Crippen LogP contribution in [0.5, 0.6) is 5.75 Å². The van der Waals surface area contributed by atoms with Crippen molar-refractivity contribution in [2.75, 3.05) is 7.11 Å². The normalized spacial score (nSPS) is 12.2. The highest BCUT2D eigenvalue weighted by atomic mass is 16.5. The number of hydrogen-bond donors (Lipinski definition) is 1. The van der Waals surface area contributed by atoms with E-state index in [-0.39, 0.29) is 6.04 Å². The second kappa shape index (κ2) is 7.87. The Morgan fingerprint density at radius 3 is 2.64 bits per heavy atom. The molecule has 0 unspecified atom stereocenters. The van der Waals surface area contributed by atoms with Gasteiger partial charge >= 0.3 is 0 Å². The molecule has 0 aliphatic carbocycles. The van der Waals surface area contributed by atoms with Gasteiger partial charge in [-0.15, -0.1) is 0 Å². The number of nitrogens with one attached hydrogen (secondary N) is 1. The first kappa shape index (κ1) is 18.3. The standard InChI is InChI=1S/C24H23N2O2/c1-16(19-7-5-4-6-8-19)25-15-18-9-11-23(27-3)21(13-18)20-10-12-24-22(14-20)26-17(2)28-24/h4-16,25H,1-3H3/t16-/m1/s1. The van der Waals surface area contributed by atoms with E-state index in [1.54, 1.807) is 7.11 Å². The van der Waals surface area contributed by atoms with Crippen molar-refractivity contribution in [3.8, 4) is 16.9 Å². The number of benzene rings is 3. The zero-order chi connectivity index (χ0) is 19.5. The summed E-state index contributed by atoms with van der Waals surface area (Å²) in [5.41, 5.74) is 6.04. The topological polar surface area (TPSA) is 47.3 Å². The Kier molecular flexibility index (Phi) is 5.13. The highest BCUT2D eigenvalue weighted by Crippen LogP contribution is 2.33. The molecule has 1 atom stereocenters. The van der Waals surface area contributed by atoms with Crippen LogP contribution in [0.15, 0.2) is 71.1 Å². The van der Waals surface area contributed by atoms with Gasteiger partial charge in [-0.3, -0.25) is 0 Å². The summed E-state index contributed by atoms with van der Waals surface area (Å²) in [5, 5.41) is 3.47. The van der Waals surface area contributed by atoms with Crippen LogP contribution < -0.4 is 10.1 Å². The van der Waals surface area contributed by atoms with E-state index >= 15 is 0 Å². The maximum atomic E-state index is 5.59. The molecule has 0 aliphatic heterocycles. The molecular formula is C24H23N2O2. The largest absolute Gasteiger partial charge is 0.496 e. The van der Waals surface area contributed by atoms with Crippen molar-refractivity contribution >= 4 is 11.1 Å². The van der Waals surface area contributed by atoms with E-state index in [0.29, 0.717) is 5.89 Å². The minimum Gasteiger partial charge on any atom is -0.496 e. The molecule has 0 saturated heterocycles. The molecule has 4 nitrogen and oxygen atoms in total. The van der Waals surface area contributed by atoms with Gasteiger partial charge in [-0.25, -0.2) is 4.98 Å². The fraction of sp³-hybridized carbons (Fsp3) is 0.167. The SMILES string of the molecule is COc1ccc([CH]N[C@H](C)c2ccccc2)cc1-c1ccc2oc(C)nc2c1. The van der Waals surface area contributed by atoms with Crippen LogP contribution in [0.2, 0.25) is 0 Å². The highest BCUT2D eigenvalue weighted by Gasteiger charge is 2.11. The lowest BCUT2D eigenvalue weighted by Gasteiger charge is -2.15. The first-order valence-corrected chi connectivity index (χ1v) is 9.34. The second-order valence-electron chi connectivity index (χ2n) is 6.82. The lowest BCUT2D eigenvalue weighted by molar-refractivity contribution is 0.416. The minimum atomic E-state index is 0.223. The quantitative estimate of drug-likeness (QED) is 0.474. The van der Waals surface area contributed by atoms with Crippen LogP contribution in [0.25, 0.3) is 22.2 Å². The number of aromatic nitrogens is 1. The lowest BCUT2D eigenvalue weighted by atomic mass is 10.0. The molecule has 0 spiro atoms. The number of fused-ring (bicyclic) bond motifs is 1. The summed E-state index contributed by atoms with van der Waals surface area (Å²) < 4.78 is 11.2. The first-order chi connectivity index (χ1) is 13.6. The number of ether oxygens (including phenoxy) is 1. The van der Waals surface area contributed by atoms with E-state index < -0.39 is 0 Å². The van der Waals surface area contributed by atoms with Crippen molar-refractivity contribution in [2.45, 2.75) is 19.9 Å². The number of hydrogen-bond acceptors (Lipinski definition) is 4. The van der Waals surface area contributed by atoms with Gasteiger partial charge in [0.25, 0.3) is 0 Å². The van der Waals surface area contributed by atoms with Crippen LogP contribution in [0.3, 0.4) is 0 Å². The summed E-state index contributed by atoms with van der Waals surface area (Å²) in [6.45, 7) is 6.05. The number of methoxy groups -OCH3 is 1. The molecule has 1 aromatic heterocycles. The van der Waals surface area contributed by atoms with Crippen LogP contribution in [-0.4, -0.2) is 12.1 Å². The molecule has 4 aromatic rings. The Bertz CT molecular complexity index is 1090. The summed E-state index contributed by atoms with van der Waals surface area (Å²) in [6.07, 6.45) is 0. The van der Waals surface area contributed by atoms with E-state index in [9.17, 15) is 0 Å². The van der Waals surface area contributed by atoms with E-state index in [1.165, 1.54) is 5.56 Å². The number of aryl methyl sites for hydroxylation is 1. The van der Waals surface area contributed by atoms with Gasteiger partial charge < -0.3 is 14.5 Å². The van der Waals surface area contributed by atoms with E-state index in [2.05, 4.69) is 47.6 Å². The Balaban J connectivity index is 1.60. The van der Waals surface area contributed by atoms with Gasteiger partial charge in [0.2, 0.25) is 0 Å². The van der Waals surface area contributed by atoms with Crippen LogP contribution in [0.4, 0.5) is 0 Å². The molecule has 28 heavy (non-hydrogen) atoms. The molecule has 0 aliphatic rings. The van der Waals surface area contributed by atoms with Gasteiger partial charge in [-0.05, 0) is 47.9 Å². The average Bonchev–Trinajstić information content (AvgIpc) is 3.11. The predicted octanol–water partition coefficient (Wildman–Crippen LogP) is 5.67. The molecule has 3 aromatic carbocycles. The van der Waals surface area contributed by atoms with Crippen molar-refractivity contribution in [3.05, 3.63) is 90.3 Å². The van der Waals surface area contributed by atoms with Gasteiger partial charge in [0.05, 0.1) is 13.7 Å². The van der Waals surface area contributed by atoms with Crippen LogP contribution in [0.1, 0.15) is 30.0 Å². The summed E-state index contributed by atoms with van der Waals surface area (Å²) >= 11 is 0. The fourth-order valence-electron chi connectivity index (χ4n) is 3.31. The third kappa shape index (κ3) is 3.78. The van der Waals surface area contributed by atoms with Gasteiger partial charge in [-0.2, -0.15) is 0 Å². The summed E-state index contributed by atoms with van der Waals surface area (Å²) in [5.74, 6) is 1.49. The molecule has 0 saturated carbocycles. The third-order valence-corrected chi connectivity index (χ3v) is 4.83. The number of rotatable bonds is 6. The van der Waals surface area contributed by atoms with Crippen molar-refractivity contribution < 1.29 is 9.15 Å². The monoisotopic (exact) mass is 371 g/mol. The van der Waals surface area contributed by atoms with Crippen molar-refractivity contribution in [3.63, 3.8) is 0 Å². The Morgan fingerprint density at radius 2 is 1.86 bits per heavy atom. The molecule has 1 heterocycles. The Hall–Kier alpha value is -3.11. The van der Waals surface area contributed by atoms with Crippen LogP contribution in [-0.2, 0) is 0 Å². The second-order valence-corrected chi connectivity index (χ2v) is 6.82. The van der Waals surface area contributed by atoms with Gasteiger partial charge in [0.15, 0.2) is 11.5 Å². The molecule has 0 bridgehead atoms. The summed E-state index contributed by atoms with van der Waals surface area (Å²) in [7, 11) is 1.69. The summed E-state index contributed by atoms with van der Waals surface area (Å²) in [6, 6.07) is 22.8. The van der Waals surface area contributed by atoms with Gasteiger partial charge in [0.1, 0.15) is 11.3 Å². The summed E-state index contributed by atoms with van der Waals surface area (Å²) in [4.78, 5) is 4.44. The number of nitrogens with zero attached hydrogens (tertiary/aromatic N) is 1. The smallest absolute Gasteiger partial charge is 0.192 e. The number of oxazole rings is 1. The van der Waals surface area contributed by atoms with Crippen LogP contribution >= 0.6 is 0 Å². The molecule has 0 fully saturated rings. The molecular weight excluding hydrogens is 348 g/mol. The molecule has 141 valence electrons. The zero-order valence-corrected chi connectivity index (χ0v) is 16.3. The maximum absolute atomic E-state index is 5.59. The molecule has 4 heteroatoms. The third-order valence-electron chi connectivity index (χ3n) is 4.83. The van der Waals surface area contributed by atoms with Crippen molar-refractivity contribution in [2.24, 2.45) is 0 Å². The molecule has 1 radical (unpaired) electrons. The van der Waals surface area contributed by atoms with Crippen LogP contribution in [0, 0.1) is 13.5 Å². The maximum Gasteiger partial charge on any atom is 0.192 e. The van der Waals surface area contributed by atoms with Gasteiger partial charge in [0, 0.05) is 18.5 Å². The van der Waals surface area contributed by atoms with Gasteiger partial charge in [-0.1, -0.05) is 42.5 Å².